The lowest BCUT2D eigenvalue weighted by molar-refractivity contribution is -0.385. The van der Waals surface area contributed by atoms with Crippen LogP contribution >= 0.6 is 0 Å². The van der Waals surface area contributed by atoms with Gasteiger partial charge in [0.05, 0.1) is 17.1 Å². The molecule has 9 heteroatoms. The highest BCUT2D eigenvalue weighted by molar-refractivity contribution is 5.88. The predicted molar refractivity (Wildman–Crippen MR) is 138 cm³/mol. The Morgan fingerprint density at radius 3 is 2.64 bits per heavy atom. The Kier molecular flexibility index (Phi) is 7.76. The quantitative estimate of drug-likeness (QED) is 0.377. The van der Waals surface area contributed by atoms with Crippen LogP contribution in [0.3, 0.4) is 0 Å². The molecule has 192 valence electrons. The standard InChI is InChI=1S/C27H34N4O5/c1-27(2,3)36-26(32)30-16-6-7-20-8-9-22(28-25(20)30)13-18-35-23-10-11-24(31(33)34)21(19-23)12-17-29-14-4-5-15-29/h8-12,17,19H,4-7,13-16,18H2,1-3H3/b17-12+. The lowest BCUT2D eigenvalue weighted by atomic mass is 10.1. The topological polar surface area (TPSA) is 98.0 Å². The van der Waals surface area contributed by atoms with E-state index in [1.165, 1.54) is 6.07 Å². The number of amides is 1. The zero-order chi connectivity index (χ0) is 25.7. The third-order valence-electron chi connectivity index (χ3n) is 6.14. The minimum Gasteiger partial charge on any atom is -0.493 e. The number of hydrogen-bond acceptors (Lipinski definition) is 7. The first-order chi connectivity index (χ1) is 17.2. The number of pyridine rings is 1. The fourth-order valence-corrected chi connectivity index (χ4v) is 4.38. The highest BCUT2D eigenvalue weighted by Crippen LogP contribution is 2.28. The lowest BCUT2D eigenvalue weighted by Crippen LogP contribution is -2.40. The average Bonchev–Trinajstić information content (AvgIpc) is 3.35. The lowest BCUT2D eigenvalue weighted by Gasteiger charge is -2.31. The van der Waals surface area contributed by atoms with Crippen molar-refractivity contribution in [1.29, 1.82) is 0 Å². The van der Waals surface area contributed by atoms with Crippen LogP contribution in [-0.4, -0.2) is 52.7 Å². The Hall–Kier alpha value is -3.62. The van der Waals surface area contributed by atoms with E-state index in [9.17, 15) is 14.9 Å². The first-order valence-corrected chi connectivity index (χ1v) is 12.5. The van der Waals surface area contributed by atoms with Crippen molar-refractivity contribution in [1.82, 2.24) is 9.88 Å². The van der Waals surface area contributed by atoms with Gasteiger partial charge in [0.25, 0.3) is 5.69 Å². The molecule has 0 N–H and O–H groups in total. The van der Waals surface area contributed by atoms with E-state index in [2.05, 4.69) is 4.90 Å². The number of ether oxygens (including phenoxy) is 2. The van der Waals surface area contributed by atoms with E-state index in [0.29, 0.717) is 36.7 Å². The maximum absolute atomic E-state index is 12.7. The molecule has 3 heterocycles. The number of carbonyl (C=O) groups excluding carboxylic acids is 1. The SMILES string of the molecule is CC(C)(C)OC(=O)N1CCCc2ccc(CCOc3ccc([N+](=O)[O-])c(/C=C/N4CCCC4)c3)nc21. The van der Waals surface area contributed by atoms with Crippen molar-refractivity contribution in [2.24, 2.45) is 0 Å². The zero-order valence-electron chi connectivity index (χ0n) is 21.2. The second-order valence-corrected chi connectivity index (χ2v) is 10.2. The molecule has 0 spiro atoms. The summed E-state index contributed by atoms with van der Waals surface area (Å²) in [5.41, 5.74) is 1.83. The number of rotatable bonds is 7. The summed E-state index contributed by atoms with van der Waals surface area (Å²) in [6.45, 7) is 8.42. The molecule has 0 bridgehead atoms. The Bertz CT molecular complexity index is 1140. The number of nitro benzene ring substituents is 1. The second kappa shape index (κ2) is 11.0. The molecule has 1 fully saturated rings. The summed E-state index contributed by atoms with van der Waals surface area (Å²) in [6, 6.07) is 8.78. The van der Waals surface area contributed by atoms with Gasteiger partial charge < -0.3 is 14.4 Å². The fraction of sp³-hybridized carbons (Fsp3) is 0.481. The summed E-state index contributed by atoms with van der Waals surface area (Å²) < 4.78 is 11.5. The first kappa shape index (κ1) is 25.5. The first-order valence-electron chi connectivity index (χ1n) is 12.5. The normalized spacial score (nSPS) is 15.8. The number of fused-ring (bicyclic) bond motifs is 1. The van der Waals surface area contributed by atoms with Crippen molar-refractivity contribution in [2.75, 3.05) is 31.1 Å². The van der Waals surface area contributed by atoms with Crippen LogP contribution in [0.5, 0.6) is 5.75 Å². The smallest absolute Gasteiger partial charge is 0.416 e. The molecular weight excluding hydrogens is 460 g/mol. The molecule has 36 heavy (non-hydrogen) atoms. The maximum atomic E-state index is 12.7. The number of carbonyl (C=O) groups is 1. The minimum atomic E-state index is -0.576. The van der Waals surface area contributed by atoms with Gasteiger partial charge in [-0.05, 0) is 82.5 Å². The van der Waals surface area contributed by atoms with Crippen molar-refractivity contribution in [3.8, 4) is 5.75 Å². The third-order valence-corrected chi connectivity index (χ3v) is 6.14. The van der Waals surface area contributed by atoms with Crippen LogP contribution in [0.25, 0.3) is 6.08 Å². The largest absolute Gasteiger partial charge is 0.493 e. The molecular formula is C27H34N4O5. The van der Waals surface area contributed by atoms with Gasteiger partial charge >= 0.3 is 6.09 Å². The van der Waals surface area contributed by atoms with Gasteiger partial charge in [-0.25, -0.2) is 9.78 Å². The summed E-state index contributed by atoms with van der Waals surface area (Å²) >= 11 is 0. The van der Waals surface area contributed by atoms with Gasteiger partial charge in [0, 0.05) is 37.8 Å². The average molecular weight is 495 g/mol. The van der Waals surface area contributed by atoms with E-state index in [4.69, 9.17) is 14.5 Å². The van der Waals surface area contributed by atoms with Gasteiger partial charge in [0.15, 0.2) is 0 Å². The van der Waals surface area contributed by atoms with Gasteiger partial charge in [-0.1, -0.05) is 6.07 Å². The van der Waals surface area contributed by atoms with Crippen molar-refractivity contribution in [2.45, 2.75) is 58.5 Å². The minimum absolute atomic E-state index is 0.0522. The molecule has 0 radical (unpaired) electrons. The van der Waals surface area contributed by atoms with Gasteiger partial charge in [0.2, 0.25) is 0 Å². The number of anilines is 1. The summed E-state index contributed by atoms with van der Waals surface area (Å²) in [5.74, 6) is 1.22. The molecule has 4 rings (SSSR count). The highest BCUT2D eigenvalue weighted by Gasteiger charge is 2.28. The molecule has 0 saturated carbocycles. The van der Waals surface area contributed by atoms with E-state index >= 15 is 0 Å². The van der Waals surface area contributed by atoms with Gasteiger partial charge in [-0.15, -0.1) is 0 Å². The molecule has 1 aromatic heterocycles. The van der Waals surface area contributed by atoms with Crippen LogP contribution < -0.4 is 9.64 Å². The van der Waals surface area contributed by atoms with E-state index in [1.807, 2.05) is 39.1 Å². The molecule has 0 aliphatic carbocycles. The predicted octanol–water partition coefficient (Wildman–Crippen LogP) is 5.37. The summed E-state index contributed by atoms with van der Waals surface area (Å²) in [4.78, 5) is 32.3. The number of aromatic nitrogens is 1. The van der Waals surface area contributed by atoms with Crippen molar-refractivity contribution in [3.63, 3.8) is 0 Å². The van der Waals surface area contributed by atoms with Crippen molar-refractivity contribution >= 4 is 23.7 Å². The van der Waals surface area contributed by atoms with Crippen LogP contribution in [0.2, 0.25) is 0 Å². The van der Waals surface area contributed by atoms with Crippen LogP contribution in [0, 0.1) is 10.1 Å². The van der Waals surface area contributed by atoms with Crippen LogP contribution in [0.1, 0.15) is 56.9 Å². The number of nitro groups is 1. The molecule has 2 aliphatic heterocycles. The van der Waals surface area contributed by atoms with Crippen molar-refractivity contribution in [3.05, 3.63) is 63.5 Å². The van der Waals surface area contributed by atoms with Crippen molar-refractivity contribution < 1.29 is 19.2 Å². The van der Waals surface area contributed by atoms with Gasteiger partial charge in [-0.3, -0.25) is 15.0 Å². The summed E-state index contributed by atoms with van der Waals surface area (Å²) in [6.07, 6.45) is 7.87. The molecule has 2 aliphatic rings. The number of likely N-dealkylation sites (tertiary alicyclic amines) is 1. The number of nitrogens with zero attached hydrogens (tertiary/aromatic N) is 4. The molecule has 9 nitrogen and oxygen atoms in total. The Balaban J connectivity index is 1.42. The Morgan fingerprint density at radius 1 is 1.14 bits per heavy atom. The third kappa shape index (κ3) is 6.53. The molecule has 1 saturated heterocycles. The van der Waals surface area contributed by atoms with E-state index in [0.717, 1.165) is 50.0 Å². The van der Waals surface area contributed by atoms with Crippen LogP contribution in [-0.2, 0) is 17.6 Å². The van der Waals surface area contributed by atoms with Gasteiger partial charge in [0.1, 0.15) is 17.2 Å². The fourth-order valence-electron chi connectivity index (χ4n) is 4.38. The van der Waals surface area contributed by atoms with Gasteiger partial charge in [-0.2, -0.15) is 0 Å². The Labute approximate surface area is 211 Å². The molecule has 2 aromatic rings. The molecule has 1 amide bonds. The molecule has 0 unspecified atom stereocenters. The second-order valence-electron chi connectivity index (χ2n) is 10.2. The molecule has 1 aromatic carbocycles. The molecule has 0 atom stereocenters. The highest BCUT2D eigenvalue weighted by atomic mass is 16.6. The number of aryl methyl sites for hydroxylation is 1. The van der Waals surface area contributed by atoms with Crippen LogP contribution in [0.4, 0.5) is 16.3 Å². The van der Waals surface area contributed by atoms with E-state index in [-0.39, 0.29) is 16.7 Å². The van der Waals surface area contributed by atoms with Crippen LogP contribution in [0.15, 0.2) is 36.5 Å². The number of hydrogen-bond donors (Lipinski definition) is 0. The van der Waals surface area contributed by atoms with E-state index in [1.54, 1.807) is 23.1 Å². The Morgan fingerprint density at radius 2 is 1.92 bits per heavy atom. The maximum Gasteiger partial charge on any atom is 0.416 e. The zero-order valence-corrected chi connectivity index (χ0v) is 21.2. The van der Waals surface area contributed by atoms with E-state index < -0.39 is 5.60 Å². The number of benzene rings is 1. The summed E-state index contributed by atoms with van der Waals surface area (Å²) in [5, 5.41) is 11.5. The monoisotopic (exact) mass is 494 g/mol. The summed E-state index contributed by atoms with van der Waals surface area (Å²) in [7, 11) is 0.